The van der Waals surface area contributed by atoms with Gasteiger partial charge in [-0.1, -0.05) is 25.4 Å². The molecule has 1 saturated heterocycles. The summed E-state index contributed by atoms with van der Waals surface area (Å²) in [4.78, 5) is 0. The molecule has 0 aromatic heterocycles. The number of hydrogen-bond donors (Lipinski definition) is 1. The van der Waals surface area contributed by atoms with Crippen LogP contribution in [-0.4, -0.2) is 32.4 Å². The van der Waals surface area contributed by atoms with Crippen LogP contribution in [0.1, 0.15) is 43.7 Å². The molecule has 0 spiro atoms. The van der Waals surface area contributed by atoms with Gasteiger partial charge in [0.2, 0.25) is 0 Å². The van der Waals surface area contributed by atoms with Crippen LogP contribution in [0.2, 0.25) is 5.02 Å². The molecule has 0 saturated carbocycles. The molecular formula is C17H26ClNO2. The highest BCUT2D eigenvalue weighted by Crippen LogP contribution is 2.31. The van der Waals surface area contributed by atoms with E-state index in [1.807, 2.05) is 19.1 Å². The zero-order valence-electron chi connectivity index (χ0n) is 13.2. The fourth-order valence-electron chi connectivity index (χ4n) is 2.55. The quantitative estimate of drug-likeness (QED) is 0.774. The van der Waals surface area contributed by atoms with Gasteiger partial charge in [-0.3, -0.25) is 0 Å². The summed E-state index contributed by atoms with van der Waals surface area (Å²) in [6.07, 6.45) is 2.74. The molecule has 0 radical (unpaired) electrons. The number of hydrogen-bond acceptors (Lipinski definition) is 3. The van der Waals surface area contributed by atoms with E-state index in [9.17, 15) is 0 Å². The molecule has 0 bridgehead atoms. The number of halogens is 1. The summed E-state index contributed by atoms with van der Waals surface area (Å²) in [5.74, 6) is 1.35. The van der Waals surface area contributed by atoms with Crippen LogP contribution in [0.3, 0.4) is 0 Å². The Hall–Kier alpha value is -0.770. The Labute approximate surface area is 133 Å². The lowest BCUT2D eigenvalue weighted by molar-refractivity contribution is 0.109. The van der Waals surface area contributed by atoms with Gasteiger partial charge in [-0.25, -0.2) is 0 Å². The van der Waals surface area contributed by atoms with E-state index in [4.69, 9.17) is 21.1 Å². The van der Waals surface area contributed by atoms with E-state index in [-0.39, 0.29) is 0 Å². The zero-order valence-corrected chi connectivity index (χ0v) is 14.0. The average Bonchev–Trinajstić information content (AvgIpc) is 2.95. The standard InChI is InChI=1S/C17H26ClNO2/c1-12(2)15-10-16(18)13(3)9-17(15)21-8-6-19-11-14-5-4-7-20-14/h9-10,12,14,19H,4-8,11H2,1-3H3. The number of rotatable bonds is 7. The van der Waals surface area contributed by atoms with Gasteiger partial charge in [0.1, 0.15) is 12.4 Å². The van der Waals surface area contributed by atoms with Crippen molar-refractivity contribution in [1.82, 2.24) is 5.32 Å². The summed E-state index contributed by atoms with van der Waals surface area (Å²) in [6, 6.07) is 4.06. The Bertz CT molecular complexity index is 456. The van der Waals surface area contributed by atoms with Crippen LogP contribution in [-0.2, 0) is 4.74 Å². The van der Waals surface area contributed by atoms with Crippen molar-refractivity contribution in [2.24, 2.45) is 0 Å². The summed E-state index contributed by atoms with van der Waals surface area (Å²) in [7, 11) is 0. The predicted molar refractivity (Wildman–Crippen MR) is 87.6 cm³/mol. The van der Waals surface area contributed by atoms with Gasteiger partial charge in [0.15, 0.2) is 0 Å². The van der Waals surface area contributed by atoms with Crippen LogP contribution in [0.5, 0.6) is 5.75 Å². The molecule has 1 heterocycles. The molecule has 1 aromatic rings. The number of nitrogens with one attached hydrogen (secondary N) is 1. The molecule has 1 N–H and O–H groups in total. The van der Waals surface area contributed by atoms with Crippen LogP contribution in [0.4, 0.5) is 0 Å². The van der Waals surface area contributed by atoms with E-state index in [0.717, 1.165) is 36.0 Å². The number of benzene rings is 1. The van der Waals surface area contributed by atoms with Crippen molar-refractivity contribution in [3.63, 3.8) is 0 Å². The minimum atomic E-state index is 0.383. The van der Waals surface area contributed by atoms with Crippen LogP contribution >= 0.6 is 11.6 Å². The molecule has 2 rings (SSSR count). The first-order valence-corrected chi connectivity index (χ1v) is 8.21. The molecule has 1 atom stereocenters. The van der Waals surface area contributed by atoms with Gasteiger partial charge in [0.05, 0.1) is 6.10 Å². The van der Waals surface area contributed by atoms with E-state index in [1.165, 1.54) is 18.4 Å². The highest BCUT2D eigenvalue weighted by Gasteiger charge is 2.14. The average molecular weight is 312 g/mol. The summed E-state index contributed by atoms with van der Waals surface area (Å²) >= 11 is 6.20. The molecule has 1 aromatic carbocycles. The maximum Gasteiger partial charge on any atom is 0.123 e. The normalized spacial score (nSPS) is 18.4. The van der Waals surface area contributed by atoms with Crippen LogP contribution < -0.4 is 10.1 Å². The van der Waals surface area contributed by atoms with E-state index < -0.39 is 0 Å². The van der Waals surface area contributed by atoms with Crippen molar-refractivity contribution >= 4 is 11.6 Å². The molecule has 21 heavy (non-hydrogen) atoms. The molecule has 118 valence electrons. The monoisotopic (exact) mass is 311 g/mol. The molecule has 1 fully saturated rings. The topological polar surface area (TPSA) is 30.5 Å². The predicted octanol–water partition coefficient (Wildman–Crippen LogP) is 3.92. The number of ether oxygens (including phenoxy) is 2. The van der Waals surface area contributed by atoms with Crippen molar-refractivity contribution in [1.29, 1.82) is 0 Å². The summed E-state index contributed by atoms with van der Waals surface area (Å²) in [5, 5.41) is 4.20. The Kier molecular flexibility index (Phi) is 6.34. The van der Waals surface area contributed by atoms with Gasteiger partial charge in [-0.15, -0.1) is 0 Å². The van der Waals surface area contributed by atoms with Gasteiger partial charge in [0.25, 0.3) is 0 Å². The maximum atomic E-state index is 6.20. The van der Waals surface area contributed by atoms with Gasteiger partial charge >= 0.3 is 0 Å². The third kappa shape index (κ3) is 4.87. The van der Waals surface area contributed by atoms with E-state index in [0.29, 0.717) is 18.6 Å². The molecular weight excluding hydrogens is 286 g/mol. The highest BCUT2D eigenvalue weighted by atomic mass is 35.5. The molecule has 1 aliphatic heterocycles. The van der Waals surface area contributed by atoms with E-state index >= 15 is 0 Å². The third-order valence-corrected chi connectivity index (χ3v) is 4.25. The molecule has 1 unspecified atom stereocenters. The smallest absolute Gasteiger partial charge is 0.123 e. The second-order valence-corrected chi connectivity index (χ2v) is 6.39. The fraction of sp³-hybridized carbons (Fsp3) is 0.647. The van der Waals surface area contributed by atoms with Gasteiger partial charge in [-0.05, 0) is 48.9 Å². The molecule has 1 aliphatic rings. The Morgan fingerprint density at radius 3 is 2.90 bits per heavy atom. The van der Waals surface area contributed by atoms with Crippen LogP contribution in [0.15, 0.2) is 12.1 Å². The second kappa shape index (κ2) is 8.02. The van der Waals surface area contributed by atoms with Crippen molar-refractivity contribution in [2.75, 3.05) is 26.3 Å². The molecule has 0 amide bonds. The SMILES string of the molecule is Cc1cc(OCCNCC2CCCO2)c(C(C)C)cc1Cl. The Morgan fingerprint density at radius 2 is 2.24 bits per heavy atom. The van der Waals surface area contributed by atoms with Gasteiger partial charge in [0, 0.05) is 24.7 Å². The Morgan fingerprint density at radius 1 is 1.43 bits per heavy atom. The Balaban J connectivity index is 1.80. The first-order chi connectivity index (χ1) is 10.1. The summed E-state index contributed by atoms with van der Waals surface area (Å²) < 4.78 is 11.5. The van der Waals surface area contributed by atoms with Crippen molar-refractivity contribution in [3.05, 3.63) is 28.3 Å². The minimum absolute atomic E-state index is 0.383. The lowest BCUT2D eigenvalue weighted by atomic mass is 10.0. The highest BCUT2D eigenvalue weighted by molar-refractivity contribution is 6.31. The molecule has 4 heteroatoms. The van der Waals surface area contributed by atoms with Crippen LogP contribution in [0, 0.1) is 6.92 Å². The summed E-state index contributed by atoms with van der Waals surface area (Å²) in [6.45, 7) is 9.64. The fourth-order valence-corrected chi connectivity index (χ4v) is 2.72. The van der Waals surface area contributed by atoms with Gasteiger partial charge in [-0.2, -0.15) is 0 Å². The van der Waals surface area contributed by atoms with Crippen molar-refractivity contribution < 1.29 is 9.47 Å². The maximum absolute atomic E-state index is 6.20. The van der Waals surface area contributed by atoms with E-state index in [1.54, 1.807) is 0 Å². The number of aryl methyl sites for hydroxylation is 1. The molecule has 0 aliphatic carbocycles. The van der Waals surface area contributed by atoms with Crippen LogP contribution in [0.25, 0.3) is 0 Å². The van der Waals surface area contributed by atoms with Crippen molar-refractivity contribution in [3.8, 4) is 5.75 Å². The van der Waals surface area contributed by atoms with E-state index in [2.05, 4.69) is 19.2 Å². The van der Waals surface area contributed by atoms with Crippen molar-refractivity contribution in [2.45, 2.75) is 45.6 Å². The lowest BCUT2D eigenvalue weighted by Gasteiger charge is -2.16. The largest absolute Gasteiger partial charge is 0.492 e. The second-order valence-electron chi connectivity index (χ2n) is 5.98. The zero-order chi connectivity index (χ0) is 15.2. The summed E-state index contributed by atoms with van der Waals surface area (Å²) in [5.41, 5.74) is 2.23. The first kappa shape index (κ1) is 16.6. The third-order valence-electron chi connectivity index (χ3n) is 3.85. The van der Waals surface area contributed by atoms with Gasteiger partial charge < -0.3 is 14.8 Å². The minimum Gasteiger partial charge on any atom is -0.492 e. The molecule has 3 nitrogen and oxygen atoms in total. The lowest BCUT2D eigenvalue weighted by Crippen LogP contribution is -2.29. The first-order valence-electron chi connectivity index (χ1n) is 7.83.